The second-order valence-corrected chi connectivity index (χ2v) is 9.47. The van der Waals surface area contributed by atoms with Crippen molar-refractivity contribution in [2.75, 3.05) is 13.2 Å². The van der Waals surface area contributed by atoms with Crippen LogP contribution in [-0.2, 0) is 11.2 Å². The summed E-state index contributed by atoms with van der Waals surface area (Å²) in [5.74, 6) is 0.799. The van der Waals surface area contributed by atoms with E-state index in [1.807, 2.05) is 48.5 Å². The summed E-state index contributed by atoms with van der Waals surface area (Å²) in [6.45, 7) is 0.0988. The SMILES string of the molecule is O=C1N[C@H](c2ccc(OCCO)cc2)C(=O)N1C(Cc1ccccc1)c1nc2ccc(I)cc2[nH]1. The Hall–Kier alpha value is -3.44. The number of aliphatic hydroxyl groups excluding tert-OH is 1. The van der Waals surface area contributed by atoms with Crippen LogP contribution in [0.25, 0.3) is 11.0 Å². The van der Waals surface area contributed by atoms with Crippen molar-refractivity contribution in [1.82, 2.24) is 20.2 Å². The number of imidazole rings is 1. The van der Waals surface area contributed by atoms with Gasteiger partial charge in [-0.15, -0.1) is 0 Å². The molecule has 35 heavy (non-hydrogen) atoms. The number of fused-ring (bicyclic) bond motifs is 1. The van der Waals surface area contributed by atoms with E-state index >= 15 is 0 Å². The lowest BCUT2D eigenvalue weighted by Gasteiger charge is -2.24. The highest BCUT2D eigenvalue weighted by Gasteiger charge is 2.44. The summed E-state index contributed by atoms with van der Waals surface area (Å²) in [6.07, 6.45) is 0.428. The lowest BCUT2D eigenvalue weighted by atomic mass is 10.0. The Bertz CT molecular complexity index is 1360. The number of hydrogen-bond acceptors (Lipinski definition) is 5. The number of hydrogen-bond donors (Lipinski definition) is 3. The van der Waals surface area contributed by atoms with Gasteiger partial charge >= 0.3 is 6.03 Å². The van der Waals surface area contributed by atoms with Gasteiger partial charge < -0.3 is 20.1 Å². The van der Waals surface area contributed by atoms with Crippen LogP contribution in [0.3, 0.4) is 0 Å². The maximum atomic E-state index is 13.6. The minimum Gasteiger partial charge on any atom is -0.491 e. The van der Waals surface area contributed by atoms with Gasteiger partial charge in [-0.3, -0.25) is 9.69 Å². The molecular weight excluding hydrogens is 559 g/mol. The number of carbonyl (C=O) groups is 2. The molecule has 3 aromatic carbocycles. The van der Waals surface area contributed by atoms with Crippen molar-refractivity contribution in [3.8, 4) is 5.75 Å². The van der Waals surface area contributed by atoms with Crippen LogP contribution >= 0.6 is 22.6 Å². The standard InChI is InChI=1S/C26H23IN4O4/c27-18-8-11-20-21(15-18)29-24(28-20)22(14-16-4-2-1-3-5-16)31-25(33)23(30-26(31)34)17-6-9-19(10-7-17)35-13-12-32/h1-11,15,22-23,32H,12-14H2,(H,28,29)(H,30,34)/t22?,23-/m1/s1. The summed E-state index contributed by atoms with van der Waals surface area (Å²) in [4.78, 5) is 36.1. The van der Waals surface area contributed by atoms with Crippen molar-refractivity contribution in [2.24, 2.45) is 0 Å². The Labute approximate surface area is 215 Å². The normalized spacial score (nSPS) is 16.5. The summed E-state index contributed by atoms with van der Waals surface area (Å²) in [7, 11) is 0. The van der Waals surface area contributed by atoms with Gasteiger partial charge in [0.05, 0.1) is 17.6 Å². The average Bonchev–Trinajstić information content (AvgIpc) is 3.42. The molecule has 3 amide bonds. The number of benzene rings is 3. The third-order valence-electron chi connectivity index (χ3n) is 5.91. The number of nitrogens with one attached hydrogen (secondary N) is 2. The average molecular weight is 582 g/mol. The predicted octanol–water partition coefficient (Wildman–Crippen LogP) is 4.12. The Morgan fingerprint density at radius 1 is 1.06 bits per heavy atom. The molecule has 1 fully saturated rings. The smallest absolute Gasteiger partial charge is 0.325 e. The number of urea groups is 1. The molecule has 1 saturated heterocycles. The lowest BCUT2D eigenvalue weighted by molar-refractivity contribution is -0.129. The fraction of sp³-hybridized carbons (Fsp3) is 0.192. The molecule has 3 N–H and O–H groups in total. The van der Waals surface area contributed by atoms with E-state index in [9.17, 15) is 9.59 Å². The van der Waals surface area contributed by atoms with Gasteiger partial charge in [-0.1, -0.05) is 42.5 Å². The summed E-state index contributed by atoms with van der Waals surface area (Å²) >= 11 is 2.24. The summed E-state index contributed by atoms with van der Waals surface area (Å²) < 4.78 is 6.46. The highest BCUT2D eigenvalue weighted by molar-refractivity contribution is 14.1. The molecule has 1 aromatic heterocycles. The highest BCUT2D eigenvalue weighted by Crippen LogP contribution is 2.33. The zero-order chi connectivity index (χ0) is 24.4. The zero-order valence-electron chi connectivity index (χ0n) is 18.6. The van der Waals surface area contributed by atoms with Crippen molar-refractivity contribution < 1.29 is 19.4 Å². The van der Waals surface area contributed by atoms with Gasteiger partial charge in [-0.25, -0.2) is 9.78 Å². The summed E-state index contributed by atoms with van der Waals surface area (Å²) in [5, 5.41) is 11.8. The number of amides is 3. The fourth-order valence-corrected chi connectivity index (χ4v) is 4.73. The molecule has 1 unspecified atom stereocenters. The van der Waals surface area contributed by atoms with Crippen molar-refractivity contribution in [1.29, 1.82) is 0 Å². The van der Waals surface area contributed by atoms with E-state index in [4.69, 9.17) is 14.8 Å². The van der Waals surface area contributed by atoms with E-state index in [0.29, 0.717) is 23.6 Å². The number of aromatic nitrogens is 2. The molecule has 0 spiro atoms. The van der Waals surface area contributed by atoms with Crippen molar-refractivity contribution >= 4 is 45.6 Å². The van der Waals surface area contributed by atoms with Gasteiger partial charge in [0.25, 0.3) is 5.91 Å². The molecule has 0 radical (unpaired) electrons. The molecule has 0 saturated carbocycles. The zero-order valence-corrected chi connectivity index (χ0v) is 20.8. The van der Waals surface area contributed by atoms with Crippen molar-refractivity contribution in [2.45, 2.75) is 18.5 Å². The van der Waals surface area contributed by atoms with E-state index in [-0.39, 0.29) is 19.1 Å². The molecule has 2 heterocycles. The van der Waals surface area contributed by atoms with E-state index in [0.717, 1.165) is 20.2 Å². The maximum absolute atomic E-state index is 13.6. The third-order valence-corrected chi connectivity index (χ3v) is 6.58. The molecule has 5 rings (SSSR count). The number of halogens is 1. The van der Waals surface area contributed by atoms with E-state index in [1.54, 1.807) is 24.3 Å². The number of nitrogens with zero attached hydrogens (tertiary/aromatic N) is 2. The lowest BCUT2D eigenvalue weighted by Crippen LogP contribution is -2.36. The van der Waals surface area contributed by atoms with Crippen LogP contribution < -0.4 is 10.1 Å². The fourth-order valence-electron chi connectivity index (χ4n) is 4.24. The number of H-pyrrole nitrogens is 1. The quantitative estimate of drug-likeness (QED) is 0.214. The third kappa shape index (κ3) is 4.87. The van der Waals surface area contributed by atoms with Crippen LogP contribution in [0, 0.1) is 3.57 Å². The number of carbonyl (C=O) groups excluding carboxylic acids is 2. The van der Waals surface area contributed by atoms with Gasteiger partial charge in [0.2, 0.25) is 0 Å². The minimum absolute atomic E-state index is 0.0857. The predicted molar refractivity (Wildman–Crippen MR) is 139 cm³/mol. The van der Waals surface area contributed by atoms with Crippen LogP contribution in [0.5, 0.6) is 5.75 Å². The van der Waals surface area contributed by atoms with Crippen molar-refractivity contribution in [3.63, 3.8) is 0 Å². The summed E-state index contributed by atoms with van der Waals surface area (Å²) in [6, 6.07) is 20.7. The van der Waals surface area contributed by atoms with Crippen LogP contribution in [0.1, 0.15) is 29.0 Å². The Morgan fingerprint density at radius 2 is 1.83 bits per heavy atom. The molecule has 9 heteroatoms. The topological polar surface area (TPSA) is 108 Å². The van der Waals surface area contributed by atoms with Crippen molar-refractivity contribution in [3.05, 3.63) is 93.3 Å². The molecule has 0 aliphatic carbocycles. The Morgan fingerprint density at radius 3 is 2.57 bits per heavy atom. The number of rotatable bonds is 8. The van der Waals surface area contributed by atoms with Gasteiger partial charge in [0, 0.05) is 9.99 Å². The first-order valence-corrected chi connectivity index (χ1v) is 12.3. The first-order chi connectivity index (χ1) is 17.0. The van der Waals surface area contributed by atoms with E-state index in [1.165, 1.54) is 4.90 Å². The molecular formula is C26H23IN4O4. The van der Waals surface area contributed by atoms with Gasteiger partial charge in [0.1, 0.15) is 30.3 Å². The van der Waals surface area contributed by atoms with Crippen LogP contribution in [0.4, 0.5) is 4.79 Å². The molecule has 8 nitrogen and oxygen atoms in total. The second-order valence-electron chi connectivity index (χ2n) is 8.22. The molecule has 1 aliphatic heterocycles. The Kier molecular flexibility index (Phi) is 6.69. The second kappa shape index (κ2) is 10.0. The molecule has 4 aromatic rings. The summed E-state index contributed by atoms with van der Waals surface area (Å²) in [5.41, 5.74) is 3.27. The minimum atomic E-state index is -0.807. The molecule has 178 valence electrons. The van der Waals surface area contributed by atoms with Crippen LogP contribution in [-0.4, -0.2) is 45.1 Å². The maximum Gasteiger partial charge on any atom is 0.325 e. The van der Waals surface area contributed by atoms with Crippen LogP contribution in [0.2, 0.25) is 0 Å². The first-order valence-electron chi connectivity index (χ1n) is 11.2. The number of ether oxygens (including phenoxy) is 1. The van der Waals surface area contributed by atoms with Crippen LogP contribution in [0.15, 0.2) is 72.8 Å². The van der Waals surface area contributed by atoms with E-state index in [2.05, 4.69) is 32.9 Å². The van der Waals surface area contributed by atoms with Gasteiger partial charge in [0.15, 0.2) is 0 Å². The van der Waals surface area contributed by atoms with E-state index < -0.39 is 18.1 Å². The monoisotopic (exact) mass is 582 g/mol. The van der Waals surface area contributed by atoms with Gasteiger partial charge in [-0.05, 0) is 64.0 Å². The highest BCUT2D eigenvalue weighted by atomic mass is 127. The Balaban J connectivity index is 1.48. The largest absolute Gasteiger partial charge is 0.491 e. The number of aromatic amines is 1. The number of imide groups is 1. The first kappa shape index (κ1) is 23.3. The molecule has 2 atom stereocenters. The molecule has 1 aliphatic rings. The van der Waals surface area contributed by atoms with Gasteiger partial charge in [-0.2, -0.15) is 0 Å². The molecule has 0 bridgehead atoms. The number of aliphatic hydroxyl groups is 1.